The van der Waals surface area contributed by atoms with E-state index < -0.39 is 10.8 Å². The first-order valence-corrected chi connectivity index (χ1v) is 8.59. The molecule has 2 N–H and O–H groups in total. The second kappa shape index (κ2) is 6.70. The van der Waals surface area contributed by atoms with Gasteiger partial charge in [0, 0.05) is 17.2 Å². The highest BCUT2D eigenvalue weighted by molar-refractivity contribution is 7.16. The number of amides is 1. The normalized spacial score (nSPS) is 13.9. The van der Waals surface area contributed by atoms with E-state index in [1.165, 1.54) is 29.7 Å². The number of nitrogens with zero attached hydrogens (tertiary/aromatic N) is 2. The zero-order valence-electron chi connectivity index (χ0n) is 12.6. The minimum atomic E-state index is -0.543. The molecule has 1 aromatic carbocycles. The van der Waals surface area contributed by atoms with Crippen molar-refractivity contribution in [2.75, 3.05) is 0 Å². The first kappa shape index (κ1) is 16.6. The predicted molar refractivity (Wildman–Crippen MR) is 94.8 cm³/mol. The molecular formula is C16H14ClN3O3S. The van der Waals surface area contributed by atoms with Crippen LogP contribution in [0.3, 0.4) is 0 Å². The summed E-state index contributed by atoms with van der Waals surface area (Å²) in [5.41, 5.74) is 7.37. The number of hydrogen-bond donors (Lipinski definition) is 1. The van der Waals surface area contributed by atoms with E-state index in [9.17, 15) is 14.9 Å². The Balaban J connectivity index is 1.98. The summed E-state index contributed by atoms with van der Waals surface area (Å²) in [6.45, 7) is 0. The number of halogens is 1. The lowest BCUT2D eigenvalue weighted by atomic mass is 9.95. The van der Waals surface area contributed by atoms with Crippen molar-refractivity contribution in [3.8, 4) is 0 Å². The van der Waals surface area contributed by atoms with Gasteiger partial charge in [-0.15, -0.1) is 11.3 Å². The smallest absolute Gasteiger partial charge is 0.288 e. The Morgan fingerprint density at radius 3 is 2.83 bits per heavy atom. The lowest BCUT2D eigenvalue weighted by Crippen LogP contribution is -2.14. The van der Waals surface area contributed by atoms with Crippen LogP contribution in [-0.4, -0.2) is 17.0 Å². The van der Waals surface area contributed by atoms with E-state index >= 15 is 0 Å². The average Bonchev–Trinajstić information content (AvgIpc) is 2.92. The zero-order valence-corrected chi connectivity index (χ0v) is 14.2. The third-order valence-electron chi connectivity index (χ3n) is 3.90. The molecule has 0 radical (unpaired) electrons. The van der Waals surface area contributed by atoms with Crippen molar-refractivity contribution < 1.29 is 9.72 Å². The quantitative estimate of drug-likeness (QED) is 0.504. The van der Waals surface area contributed by atoms with Crippen LogP contribution in [0.25, 0.3) is 0 Å². The summed E-state index contributed by atoms with van der Waals surface area (Å²) >= 11 is 7.26. The molecular weight excluding hydrogens is 350 g/mol. The van der Waals surface area contributed by atoms with Gasteiger partial charge in [0.25, 0.3) is 11.6 Å². The Bertz CT molecular complexity index is 860. The molecule has 0 unspecified atom stereocenters. The van der Waals surface area contributed by atoms with Gasteiger partial charge in [-0.3, -0.25) is 14.9 Å². The fourth-order valence-corrected chi connectivity index (χ4v) is 4.20. The van der Waals surface area contributed by atoms with Gasteiger partial charge < -0.3 is 5.73 Å². The standard InChI is InChI=1S/C16H14ClN3O3S/c17-11-6-5-9(7-12(11)20(22)23)8-19-16-14(15(18)21)10-3-1-2-4-13(10)24-16/h5-8H,1-4H2,(H2,18,21). The Morgan fingerprint density at radius 2 is 2.12 bits per heavy atom. The second-order valence-corrected chi connectivity index (χ2v) is 6.97. The van der Waals surface area contributed by atoms with Gasteiger partial charge in [0.05, 0.1) is 10.5 Å². The number of hydrogen-bond acceptors (Lipinski definition) is 5. The monoisotopic (exact) mass is 363 g/mol. The molecule has 0 saturated heterocycles. The zero-order chi connectivity index (χ0) is 17.3. The Hall–Kier alpha value is -2.25. The molecule has 1 amide bonds. The van der Waals surface area contributed by atoms with Crippen molar-refractivity contribution in [1.82, 2.24) is 0 Å². The van der Waals surface area contributed by atoms with Gasteiger partial charge in [-0.1, -0.05) is 17.7 Å². The summed E-state index contributed by atoms with van der Waals surface area (Å²) in [5.74, 6) is -0.483. The number of benzene rings is 1. The van der Waals surface area contributed by atoms with Crippen molar-refractivity contribution >= 4 is 45.7 Å². The molecule has 0 fully saturated rings. The molecule has 0 atom stereocenters. The largest absolute Gasteiger partial charge is 0.365 e. The molecule has 124 valence electrons. The molecule has 0 aliphatic heterocycles. The average molecular weight is 364 g/mol. The third kappa shape index (κ3) is 3.18. The number of carbonyl (C=O) groups is 1. The topological polar surface area (TPSA) is 98.6 Å². The highest BCUT2D eigenvalue weighted by Gasteiger charge is 2.23. The van der Waals surface area contributed by atoms with Crippen LogP contribution in [0.1, 0.15) is 39.2 Å². The maximum Gasteiger partial charge on any atom is 0.288 e. The summed E-state index contributed by atoms with van der Waals surface area (Å²) in [4.78, 5) is 27.7. The molecule has 8 heteroatoms. The van der Waals surface area contributed by atoms with Crippen molar-refractivity contribution in [3.63, 3.8) is 0 Å². The van der Waals surface area contributed by atoms with Crippen LogP contribution >= 0.6 is 22.9 Å². The number of aliphatic imine (C=N–C) groups is 1. The van der Waals surface area contributed by atoms with Crippen LogP contribution in [0.4, 0.5) is 10.7 Å². The number of primary amides is 1. The molecule has 1 aliphatic rings. The summed E-state index contributed by atoms with van der Waals surface area (Å²) in [7, 11) is 0. The van der Waals surface area contributed by atoms with Crippen LogP contribution in [0.15, 0.2) is 23.2 Å². The first-order valence-electron chi connectivity index (χ1n) is 7.39. The third-order valence-corrected chi connectivity index (χ3v) is 5.42. The molecule has 1 heterocycles. The molecule has 6 nitrogen and oxygen atoms in total. The maximum absolute atomic E-state index is 11.8. The maximum atomic E-state index is 11.8. The minimum absolute atomic E-state index is 0.0709. The Morgan fingerprint density at radius 1 is 1.38 bits per heavy atom. The lowest BCUT2D eigenvalue weighted by Gasteiger charge is -2.10. The summed E-state index contributed by atoms with van der Waals surface area (Å²) in [6.07, 6.45) is 5.40. The summed E-state index contributed by atoms with van der Waals surface area (Å²) in [5, 5.41) is 11.6. The molecule has 1 aliphatic carbocycles. The highest BCUT2D eigenvalue weighted by atomic mass is 35.5. The predicted octanol–water partition coefficient (Wildman–Crippen LogP) is 4.04. The van der Waals surface area contributed by atoms with E-state index in [1.54, 1.807) is 6.07 Å². The molecule has 24 heavy (non-hydrogen) atoms. The molecule has 0 spiro atoms. The highest BCUT2D eigenvalue weighted by Crippen LogP contribution is 2.39. The second-order valence-electron chi connectivity index (χ2n) is 5.48. The van der Waals surface area contributed by atoms with E-state index in [-0.39, 0.29) is 10.7 Å². The van der Waals surface area contributed by atoms with Crippen molar-refractivity contribution in [1.29, 1.82) is 0 Å². The number of aryl methyl sites for hydroxylation is 1. The van der Waals surface area contributed by atoms with Gasteiger partial charge in [-0.25, -0.2) is 4.99 Å². The Labute approximate surface area is 147 Å². The van der Waals surface area contributed by atoms with Gasteiger partial charge in [0.2, 0.25) is 0 Å². The number of rotatable bonds is 4. The summed E-state index contributed by atoms with van der Waals surface area (Å²) < 4.78 is 0. The number of nitro benzene ring substituents is 1. The van der Waals surface area contributed by atoms with E-state index in [2.05, 4.69) is 4.99 Å². The summed E-state index contributed by atoms with van der Waals surface area (Å²) in [6, 6.07) is 4.44. The fourth-order valence-electron chi connectivity index (χ4n) is 2.78. The van der Waals surface area contributed by atoms with Crippen molar-refractivity contribution in [2.24, 2.45) is 10.7 Å². The van der Waals surface area contributed by atoms with E-state index in [1.807, 2.05) is 0 Å². The number of fused-ring (bicyclic) bond motifs is 1. The van der Waals surface area contributed by atoms with Gasteiger partial charge in [0.1, 0.15) is 10.0 Å². The Kier molecular flexibility index (Phi) is 4.64. The molecule has 2 aromatic rings. The van der Waals surface area contributed by atoms with Gasteiger partial charge in [0.15, 0.2) is 0 Å². The van der Waals surface area contributed by atoms with Gasteiger partial charge >= 0.3 is 0 Å². The molecule has 0 bridgehead atoms. The van der Waals surface area contributed by atoms with Gasteiger partial charge in [-0.2, -0.15) is 0 Å². The van der Waals surface area contributed by atoms with Crippen LogP contribution < -0.4 is 5.73 Å². The van der Waals surface area contributed by atoms with Crippen molar-refractivity contribution in [2.45, 2.75) is 25.7 Å². The van der Waals surface area contributed by atoms with E-state index in [0.29, 0.717) is 16.1 Å². The first-order chi connectivity index (χ1) is 11.5. The number of thiophene rings is 1. The minimum Gasteiger partial charge on any atom is -0.365 e. The van der Waals surface area contributed by atoms with Gasteiger partial charge in [-0.05, 0) is 42.9 Å². The SMILES string of the molecule is NC(=O)c1c(N=Cc2ccc(Cl)c([N+](=O)[O-])c2)sc2c1CCCC2. The lowest BCUT2D eigenvalue weighted by molar-refractivity contribution is -0.384. The van der Waals surface area contributed by atoms with Crippen LogP contribution in [0.2, 0.25) is 5.02 Å². The molecule has 1 aromatic heterocycles. The van der Waals surface area contributed by atoms with Crippen LogP contribution in [0, 0.1) is 10.1 Å². The van der Waals surface area contributed by atoms with E-state index in [0.717, 1.165) is 36.1 Å². The number of carbonyl (C=O) groups excluding carboxylic acids is 1. The van der Waals surface area contributed by atoms with E-state index in [4.69, 9.17) is 17.3 Å². The number of nitrogens with two attached hydrogens (primary N) is 1. The van der Waals surface area contributed by atoms with Crippen LogP contribution in [-0.2, 0) is 12.8 Å². The molecule has 3 rings (SSSR count). The number of nitro groups is 1. The van der Waals surface area contributed by atoms with Crippen molar-refractivity contribution in [3.05, 3.63) is 54.9 Å². The van der Waals surface area contributed by atoms with Crippen LogP contribution in [0.5, 0.6) is 0 Å². The fraction of sp³-hybridized carbons (Fsp3) is 0.250. The molecule has 0 saturated carbocycles.